The fourth-order valence-corrected chi connectivity index (χ4v) is 2.81. The highest BCUT2D eigenvalue weighted by molar-refractivity contribution is 5.90. The third-order valence-electron chi connectivity index (χ3n) is 3.79. The van der Waals surface area contributed by atoms with E-state index in [2.05, 4.69) is 24.4 Å². The molecular formula is C15H22ClNO. The van der Waals surface area contributed by atoms with Crippen LogP contribution < -0.4 is 5.32 Å². The van der Waals surface area contributed by atoms with E-state index in [0.717, 1.165) is 32.4 Å². The summed E-state index contributed by atoms with van der Waals surface area (Å²) in [5.41, 5.74) is 0.989. The molecule has 1 aliphatic heterocycles. The summed E-state index contributed by atoms with van der Waals surface area (Å²) >= 11 is 0. The summed E-state index contributed by atoms with van der Waals surface area (Å²) in [5, 5.41) is 3.35. The van der Waals surface area contributed by atoms with E-state index in [1.165, 1.54) is 5.56 Å². The van der Waals surface area contributed by atoms with Crippen LogP contribution >= 0.6 is 12.4 Å². The Hall–Kier alpha value is -0.860. The van der Waals surface area contributed by atoms with Crippen molar-refractivity contribution < 1.29 is 4.79 Å². The second-order valence-electron chi connectivity index (χ2n) is 4.87. The van der Waals surface area contributed by atoms with Crippen molar-refractivity contribution >= 4 is 18.2 Å². The van der Waals surface area contributed by atoms with Gasteiger partial charge in [0.25, 0.3) is 0 Å². The van der Waals surface area contributed by atoms with Crippen molar-refractivity contribution in [3.63, 3.8) is 0 Å². The molecular weight excluding hydrogens is 246 g/mol. The molecule has 18 heavy (non-hydrogen) atoms. The van der Waals surface area contributed by atoms with Gasteiger partial charge in [0, 0.05) is 6.42 Å². The highest BCUT2D eigenvalue weighted by Gasteiger charge is 2.39. The average molecular weight is 268 g/mol. The van der Waals surface area contributed by atoms with Crippen molar-refractivity contribution in [2.75, 3.05) is 13.1 Å². The lowest BCUT2D eigenvalue weighted by Crippen LogP contribution is -2.45. The standard InChI is InChI=1S/C15H21NO.ClH/c1-2-6-14(17)15(9-11-16-12-10-15)13-7-4-3-5-8-13;/h3-5,7-8,16H,2,6,9-12H2,1H3;1H. The largest absolute Gasteiger partial charge is 0.317 e. The maximum atomic E-state index is 12.5. The number of piperidine rings is 1. The Labute approximate surface area is 116 Å². The van der Waals surface area contributed by atoms with Crippen LogP contribution in [0.15, 0.2) is 30.3 Å². The van der Waals surface area contributed by atoms with E-state index in [4.69, 9.17) is 0 Å². The number of benzene rings is 1. The lowest BCUT2D eigenvalue weighted by Gasteiger charge is -2.37. The Morgan fingerprint density at radius 1 is 1.22 bits per heavy atom. The first-order valence-electron chi connectivity index (χ1n) is 6.59. The summed E-state index contributed by atoms with van der Waals surface area (Å²) in [5.74, 6) is 0.424. The monoisotopic (exact) mass is 267 g/mol. The molecule has 0 aliphatic carbocycles. The van der Waals surface area contributed by atoms with Crippen LogP contribution in [-0.2, 0) is 10.2 Å². The molecule has 3 heteroatoms. The molecule has 1 saturated heterocycles. The summed E-state index contributed by atoms with van der Waals surface area (Å²) in [6.45, 7) is 3.98. The molecule has 0 radical (unpaired) electrons. The van der Waals surface area contributed by atoms with Gasteiger partial charge >= 0.3 is 0 Å². The highest BCUT2D eigenvalue weighted by atomic mass is 35.5. The Morgan fingerprint density at radius 3 is 2.39 bits per heavy atom. The lowest BCUT2D eigenvalue weighted by atomic mass is 9.69. The van der Waals surface area contributed by atoms with Crippen molar-refractivity contribution in [3.05, 3.63) is 35.9 Å². The van der Waals surface area contributed by atoms with Gasteiger partial charge in [0.15, 0.2) is 0 Å². The van der Waals surface area contributed by atoms with Crippen LogP contribution in [0.2, 0.25) is 0 Å². The number of rotatable bonds is 4. The Kier molecular flexibility index (Phi) is 5.83. The summed E-state index contributed by atoms with van der Waals surface area (Å²) in [6, 6.07) is 10.3. The molecule has 2 rings (SSSR count). The van der Waals surface area contributed by atoms with Gasteiger partial charge in [0.1, 0.15) is 5.78 Å². The fraction of sp³-hybridized carbons (Fsp3) is 0.533. The second kappa shape index (κ2) is 6.91. The summed E-state index contributed by atoms with van der Waals surface area (Å²) < 4.78 is 0. The van der Waals surface area contributed by atoms with Gasteiger partial charge in [-0.1, -0.05) is 37.3 Å². The van der Waals surface area contributed by atoms with Crippen LogP contribution in [0.1, 0.15) is 38.2 Å². The predicted molar refractivity (Wildman–Crippen MR) is 77.4 cm³/mol. The molecule has 0 amide bonds. The Morgan fingerprint density at radius 2 is 1.83 bits per heavy atom. The third kappa shape index (κ3) is 2.93. The first kappa shape index (κ1) is 15.2. The van der Waals surface area contributed by atoms with Crippen molar-refractivity contribution in [1.82, 2.24) is 5.32 Å². The zero-order valence-corrected chi connectivity index (χ0v) is 11.8. The molecule has 0 aromatic heterocycles. The van der Waals surface area contributed by atoms with Crippen LogP contribution in [0, 0.1) is 0 Å². The van der Waals surface area contributed by atoms with E-state index in [1.54, 1.807) is 0 Å². The highest BCUT2D eigenvalue weighted by Crippen LogP contribution is 2.35. The maximum Gasteiger partial charge on any atom is 0.143 e. The van der Waals surface area contributed by atoms with Gasteiger partial charge in [-0.2, -0.15) is 0 Å². The second-order valence-corrected chi connectivity index (χ2v) is 4.87. The summed E-state index contributed by atoms with van der Waals surface area (Å²) in [4.78, 5) is 12.5. The van der Waals surface area contributed by atoms with E-state index < -0.39 is 0 Å². The molecule has 1 aromatic carbocycles. The first-order chi connectivity index (χ1) is 8.29. The van der Waals surface area contributed by atoms with Gasteiger partial charge in [0.05, 0.1) is 5.41 Å². The number of nitrogens with one attached hydrogen (secondary N) is 1. The SMILES string of the molecule is CCCC(=O)C1(c2ccccc2)CCNCC1.Cl. The van der Waals surface area contributed by atoms with Crippen LogP contribution in [0.5, 0.6) is 0 Å². The van der Waals surface area contributed by atoms with Crippen LogP contribution in [-0.4, -0.2) is 18.9 Å². The molecule has 0 unspecified atom stereocenters. The van der Waals surface area contributed by atoms with Gasteiger partial charge in [-0.3, -0.25) is 4.79 Å². The van der Waals surface area contributed by atoms with Gasteiger partial charge in [-0.05, 0) is 37.9 Å². The minimum absolute atomic E-state index is 0. The molecule has 0 saturated carbocycles. The Bertz CT molecular complexity index is 371. The predicted octanol–water partition coefficient (Wildman–Crippen LogP) is 3.10. The minimum Gasteiger partial charge on any atom is -0.317 e. The normalized spacial score (nSPS) is 17.8. The minimum atomic E-state index is -0.220. The molecule has 0 spiro atoms. The number of hydrogen-bond donors (Lipinski definition) is 1. The van der Waals surface area contributed by atoms with Gasteiger partial charge in [-0.15, -0.1) is 12.4 Å². The molecule has 1 fully saturated rings. The Balaban J connectivity index is 0.00000162. The lowest BCUT2D eigenvalue weighted by molar-refractivity contribution is -0.125. The van der Waals surface area contributed by atoms with Crippen LogP contribution in [0.4, 0.5) is 0 Å². The van der Waals surface area contributed by atoms with Crippen LogP contribution in [0.25, 0.3) is 0 Å². The zero-order valence-electron chi connectivity index (χ0n) is 10.9. The first-order valence-corrected chi connectivity index (χ1v) is 6.59. The average Bonchev–Trinajstić information content (AvgIpc) is 2.41. The van der Waals surface area contributed by atoms with Gasteiger partial charge in [-0.25, -0.2) is 0 Å². The molecule has 0 atom stereocenters. The molecule has 1 heterocycles. The van der Waals surface area contributed by atoms with Crippen molar-refractivity contribution in [2.45, 2.75) is 38.0 Å². The summed E-state index contributed by atoms with van der Waals surface area (Å²) in [7, 11) is 0. The quantitative estimate of drug-likeness (QED) is 0.908. The molecule has 0 bridgehead atoms. The molecule has 1 N–H and O–H groups in total. The fourth-order valence-electron chi connectivity index (χ4n) is 2.81. The number of carbonyl (C=O) groups is 1. The van der Waals surface area contributed by atoms with E-state index in [0.29, 0.717) is 12.2 Å². The number of hydrogen-bond acceptors (Lipinski definition) is 2. The third-order valence-corrected chi connectivity index (χ3v) is 3.79. The molecule has 2 nitrogen and oxygen atoms in total. The molecule has 1 aliphatic rings. The number of halogens is 1. The van der Waals surface area contributed by atoms with E-state index >= 15 is 0 Å². The van der Waals surface area contributed by atoms with Gasteiger partial charge in [0.2, 0.25) is 0 Å². The number of Topliss-reactive ketones (excluding diaryl/α,β-unsaturated/α-hetero) is 1. The zero-order chi connectivity index (χ0) is 12.1. The van der Waals surface area contributed by atoms with E-state index in [-0.39, 0.29) is 17.8 Å². The van der Waals surface area contributed by atoms with Crippen LogP contribution in [0.3, 0.4) is 0 Å². The van der Waals surface area contributed by atoms with E-state index in [1.807, 2.05) is 18.2 Å². The maximum absolute atomic E-state index is 12.5. The smallest absolute Gasteiger partial charge is 0.143 e. The molecule has 1 aromatic rings. The summed E-state index contributed by atoms with van der Waals surface area (Å²) in [6.07, 6.45) is 3.53. The topological polar surface area (TPSA) is 29.1 Å². The van der Waals surface area contributed by atoms with Crippen molar-refractivity contribution in [2.24, 2.45) is 0 Å². The van der Waals surface area contributed by atoms with Crippen molar-refractivity contribution in [3.8, 4) is 0 Å². The van der Waals surface area contributed by atoms with E-state index in [9.17, 15) is 4.79 Å². The van der Waals surface area contributed by atoms with Gasteiger partial charge < -0.3 is 5.32 Å². The van der Waals surface area contributed by atoms with Crippen molar-refractivity contribution in [1.29, 1.82) is 0 Å². The number of ketones is 1. The number of carbonyl (C=O) groups excluding carboxylic acids is 1. The molecule has 100 valence electrons.